The van der Waals surface area contributed by atoms with E-state index in [9.17, 15) is 0 Å². The van der Waals surface area contributed by atoms with Gasteiger partial charge in [0.25, 0.3) is 0 Å². The van der Waals surface area contributed by atoms with E-state index in [1.807, 2.05) is 11.3 Å². The van der Waals surface area contributed by atoms with E-state index in [1.54, 1.807) is 0 Å². The minimum absolute atomic E-state index is 0.257. The van der Waals surface area contributed by atoms with Crippen LogP contribution in [0.4, 0.5) is 0 Å². The second kappa shape index (κ2) is 7.05. The zero-order valence-corrected chi connectivity index (χ0v) is 11.3. The van der Waals surface area contributed by atoms with Crippen molar-refractivity contribution in [2.24, 2.45) is 5.92 Å². The van der Waals surface area contributed by atoms with Crippen LogP contribution in [0.1, 0.15) is 44.5 Å². The summed E-state index contributed by atoms with van der Waals surface area (Å²) in [4.78, 5) is 1.40. The van der Waals surface area contributed by atoms with Gasteiger partial charge in [-0.05, 0) is 37.1 Å². The molecule has 0 aliphatic heterocycles. The summed E-state index contributed by atoms with van der Waals surface area (Å²) in [7, 11) is 0. The van der Waals surface area contributed by atoms with Gasteiger partial charge in [-0.3, -0.25) is 0 Å². The molecule has 0 fully saturated rings. The van der Waals surface area contributed by atoms with Crippen LogP contribution < -0.4 is 5.32 Å². The van der Waals surface area contributed by atoms with Gasteiger partial charge in [-0.25, -0.2) is 0 Å². The minimum atomic E-state index is 0.257. The van der Waals surface area contributed by atoms with Crippen molar-refractivity contribution in [2.45, 2.75) is 45.7 Å². The Balaban J connectivity index is 2.57. The van der Waals surface area contributed by atoms with Gasteiger partial charge < -0.3 is 10.4 Å². The lowest BCUT2D eigenvalue weighted by Crippen LogP contribution is -2.31. The van der Waals surface area contributed by atoms with Crippen molar-refractivity contribution in [2.75, 3.05) is 6.61 Å². The quantitative estimate of drug-likeness (QED) is 0.768. The van der Waals surface area contributed by atoms with Crippen LogP contribution in [0.3, 0.4) is 0 Å². The molecule has 0 saturated heterocycles. The van der Waals surface area contributed by atoms with E-state index in [4.69, 9.17) is 5.11 Å². The average molecular weight is 241 g/mol. The van der Waals surface area contributed by atoms with Gasteiger partial charge in [0.1, 0.15) is 0 Å². The Labute approximate surface area is 103 Å². The molecule has 2 N–H and O–H groups in total. The zero-order valence-electron chi connectivity index (χ0n) is 10.4. The Morgan fingerprint density at radius 1 is 1.38 bits per heavy atom. The number of rotatable bonds is 7. The molecular formula is C13H23NOS. The monoisotopic (exact) mass is 241 g/mol. The standard InChI is InChI=1S/C13H23NOS/c1-10(2)9-12(13-5-4-8-16-13)14-11(3)6-7-15/h4-5,8,10-12,14-15H,6-7,9H2,1-3H3. The number of hydrogen-bond acceptors (Lipinski definition) is 3. The van der Waals surface area contributed by atoms with E-state index in [-0.39, 0.29) is 6.61 Å². The Kier molecular flexibility index (Phi) is 6.03. The highest BCUT2D eigenvalue weighted by molar-refractivity contribution is 7.10. The molecule has 0 radical (unpaired) electrons. The van der Waals surface area contributed by atoms with Crippen molar-refractivity contribution in [1.29, 1.82) is 0 Å². The van der Waals surface area contributed by atoms with Crippen molar-refractivity contribution in [1.82, 2.24) is 5.32 Å². The lowest BCUT2D eigenvalue weighted by atomic mass is 10.0. The largest absolute Gasteiger partial charge is 0.396 e. The van der Waals surface area contributed by atoms with Crippen molar-refractivity contribution in [3.63, 3.8) is 0 Å². The summed E-state index contributed by atoms with van der Waals surface area (Å²) in [5, 5.41) is 14.7. The second-order valence-corrected chi connectivity index (χ2v) is 5.76. The third kappa shape index (κ3) is 4.64. The van der Waals surface area contributed by atoms with Crippen LogP contribution in [0.25, 0.3) is 0 Å². The second-order valence-electron chi connectivity index (χ2n) is 4.78. The third-order valence-electron chi connectivity index (χ3n) is 2.64. The Morgan fingerprint density at radius 2 is 2.12 bits per heavy atom. The van der Waals surface area contributed by atoms with Crippen molar-refractivity contribution in [3.8, 4) is 0 Å². The molecule has 2 nitrogen and oxygen atoms in total. The van der Waals surface area contributed by atoms with Crippen LogP contribution in [0.2, 0.25) is 0 Å². The Hall–Kier alpha value is -0.380. The first-order valence-electron chi connectivity index (χ1n) is 6.03. The van der Waals surface area contributed by atoms with Crippen LogP contribution in [0, 0.1) is 5.92 Å². The number of thiophene rings is 1. The normalized spacial score (nSPS) is 15.3. The maximum absolute atomic E-state index is 8.92. The van der Waals surface area contributed by atoms with E-state index >= 15 is 0 Å². The summed E-state index contributed by atoms with van der Waals surface area (Å²) in [6.45, 7) is 6.89. The highest BCUT2D eigenvalue weighted by atomic mass is 32.1. The third-order valence-corrected chi connectivity index (χ3v) is 3.63. The lowest BCUT2D eigenvalue weighted by Gasteiger charge is -2.23. The van der Waals surface area contributed by atoms with Crippen LogP contribution >= 0.6 is 11.3 Å². The first-order valence-corrected chi connectivity index (χ1v) is 6.91. The fraction of sp³-hybridized carbons (Fsp3) is 0.692. The van der Waals surface area contributed by atoms with Crippen LogP contribution in [0.15, 0.2) is 17.5 Å². The molecular weight excluding hydrogens is 218 g/mol. The van der Waals surface area contributed by atoms with Gasteiger partial charge >= 0.3 is 0 Å². The molecule has 1 heterocycles. The fourth-order valence-electron chi connectivity index (χ4n) is 1.85. The van der Waals surface area contributed by atoms with Gasteiger partial charge in [-0.15, -0.1) is 11.3 Å². The van der Waals surface area contributed by atoms with E-state index in [0.717, 1.165) is 12.8 Å². The molecule has 1 aromatic heterocycles. The predicted octanol–water partition coefficient (Wildman–Crippen LogP) is 3.20. The van der Waals surface area contributed by atoms with E-state index in [0.29, 0.717) is 18.0 Å². The van der Waals surface area contributed by atoms with Gasteiger partial charge in [0.15, 0.2) is 0 Å². The number of aliphatic hydroxyl groups is 1. The number of nitrogens with one attached hydrogen (secondary N) is 1. The highest BCUT2D eigenvalue weighted by Crippen LogP contribution is 2.25. The smallest absolute Gasteiger partial charge is 0.0445 e. The predicted molar refractivity (Wildman–Crippen MR) is 70.8 cm³/mol. The van der Waals surface area contributed by atoms with E-state index in [2.05, 4.69) is 43.6 Å². The number of aliphatic hydroxyl groups excluding tert-OH is 1. The first-order chi connectivity index (χ1) is 7.63. The van der Waals surface area contributed by atoms with Gasteiger partial charge in [0.2, 0.25) is 0 Å². The number of hydrogen-bond donors (Lipinski definition) is 2. The summed E-state index contributed by atoms with van der Waals surface area (Å²) in [6.07, 6.45) is 1.97. The van der Waals surface area contributed by atoms with Crippen molar-refractivity contribution < 1.29 is 5.11 Å². The molecule has 0 aliphatic carbocycles. The fourth-order valence-corrected chi connectivity index (χ4v) is 2.65. The molecule has 0 aromatic carbocycles. The van der Waals surface area contributed by atoms with Crippen molar-refractivity contribution >= 4 is 11.3 Å². The molecule has 0 bridgehead atoms. The van der Waals surface area contributed by atoms with Gasteiger partial charge in [0, 0.05) is 23.6 Å². The van der Waals surface area contributed by atoms with E-state index < -0.39 is 0 Å². The molecule has 0 spiro atoms. The molecule has 0 saturated carbocycles. The molecule has 2 atom stereocenters. The summed E-state index contributed by atoms with van der Waals surface area (Å²) < 4.78 is 0. The maximum atomic E-state index is 8.92. The Morgan fingerprint density at radius 3 is 2.62 bits per heavy atom. The van der Waals surface area contributed by atoms with Gasteiger partial charge in [-0.2, -0.15) is 0 Å². The molecule has 3 heteroatoms. The van der Waals surface area contributed by atoms with Gasteiger partial charge in [0.05, 0.1) is 0 Å². The van der Waals surface area contributed by atoms with Crippen LogP contribution in [-0.4, -0.2) is 17.8 Å². The minimum Gasteiger partial charge on any atom is -0.396 e. The lowest BCUT2D eigenvalue weighted by molar-refractivity contribution is 0.259. The molecule has 0 aliphatic rings. The Bertz CT molecular complexity index is 271. The van der Waals surface area contributed by atoms with Crippen LogP contribution in [0.5, 0.6) is 0 Å². The summed E-state index contributed by atoms with van der Waals surface area (Å²) >= 11 is 1.81. The highest BCUT2D eigenvalue weighted by Gasteiger charge is 2.16. The summed E-state index contributed by atoms with van der Waals surface area (Å²) in [5.74, 6) is 0.681. The molecule has 92 valence electrons. The SMILES string of the molecule is CC(C)CC(NC(C)CCO)c1cccs1. The maximum Gasteiger partial charge on any atom is 0.0445 e. The topological polar surface area (TPSA) is 32.3 Å². The van der Waals surface area contributed by atoms with Crippen molar-refractivity contribution in [3.05, 3.63) is 22.4 Å². The molecule has 16 heavy (non-hydrogen) atoms. The molecule has 0 amide bonds. The summed E-state index contributed by atoms with van der Waals surface area (Å²) in [6, 6.07) is 5.10. The molecule has 2 unspecified atom stereocenters. The summed E-state index contributed by atoms with van der Waals surface area (Å²) in [5.41, 5.74) is 0. The zero-order chi connectivity index (χ0) is 12.0. The van der Waals surface area contributed by atoms with E-state index in [1.165, 1.54) is 4.88 Å². The molecule has 1 aromatic rings. The average Bonchev–Trinajstić information content (AvgIpc) is 2.68. The van der Waals surface area contributed by atoms with Crippen LogP contribution in [-0.2, 0) is 0 Å². The van der Waals surface area contributed by atoms with Gasteiger partial charge in [-0.1, -0.05) is 19.9 Å². The molecule has 1 rings (SSSR count). The first kappa shape index (κ1) is 13.7.